The van der Waals surface area contributed by atoms with Gasteiger partial charge < -0.3 is 4.98 Å². The molecule has 0 radical (unpaired) electrons. The van der Waals surface area contributed by atoms with Gasteiger partial charge in [0.25, 0.3) is 0 Å². The number of likely N-dealkylation sites (tertiary alicyclic amines) is 1. The van der Waals surface area contributed by atoms with Crippen LogP contribution in [0.15, 0.2) is 30.9 Å². The zero-order valence-electron chi connectivity index (χ0n) is 12.9. The molecule has 1 aliphatic heterocycles. The molecule has 0 atom stereocenters. The van der Waals surface area contributed by atoms with E-state index in [2.05, 4.69) is 26.0 Å². The van der Waals surface area contributed by atoms with E-state index in [0.29, 0.717) is 0 Å². The number of aromatic nitrogens is 4. The smallest absolute Gasteiger partial charge is 0.137 e. The van der Waals surface area contributed by atoms with Crippen LogP contribution in [0.25, 0.3) is 22.2 Å². The number of nitrogens with zero attached hydrogens (tertiary/aromatic N) is 4. The number of hydrogen-bond donors (Lipinski definition) is 1. The molecule has 3 aromatic rings. The Labute approximate surface area is 130 Å². The number of hydrogen-bond acceptors (Lipinski definition) is 3. The van der Waals surface area contributed by atoms with Crippen molar-refractivity contribution in [2.75, 3.05) is 13.1 Å². The van der Waals surface area contributed by atoms with Gasteiger partial charge in [0.1, 0.15) is 5.65 Å². The first-order valence-electron chi connectivity index (χ1n) is 7.97. The van der Waals surface area contributed by atoms with Crippen molar-refractivity contribution in [2.45, 2.75) is 25.8 Å². The van der Waals surface area contributed by atoms with Gasteiger partial charge in [-0.25, -0.2) is 4.98 Å². The van der Waals surface area contributed by atoms with Crippen molar-refractivity contribution in [2.24, 2.45) is 7.05 Å². The lowest BCUT2D eigenvalue weighted by molar-refractivity contribution is 0.221. The molecule has 0 unspecified atom stereocenters. The van der Waals surface area contributed by atoms with Gasteiger partial charge in [0.05, 0.1) is 6.20 Å². The molecule has 5 heteroatoms. The zero-order valence-corrected chi connectivity index (χ0v) is 12.9. The van der Waals surface area contributed by atoms with Crippen LogP contribution in [0.4, 0.5) is 0 Å². The number of fused-ring (bicyclic) bond motifs is 1. The van der Waals surface area contributed by atoms with E-state index in [1.54, 1.807) is 0 Å². The molecular formula is C17H21N5. The van der Waals surface area contributed by atoms with Crippen molar-refractivity contribution in [3.8, 4) is 11.1 Å². The zero-order chi connectivity index (χ0) is 14.9. The highest BCUT2D eigenvalue weighted by molar-refractivity contribution is 5.93. The lowest BCUT2D eigenvalue weighted by atomic mass is 10.1. The maximum absolute atomic E-state index is 4.59. The maximum Gasteiger partial charge on any atom is 0.137 e. The van der Waals surface area contributed by atoms with E-state index in [1.807, 2.05) is 36.5 Å². The third-order valence-electron chi connectivity index (χ3n) is 4.46. The number of rotatable bonds is 3. The molecule has 5 nitrogen and oxygen atoms in total. The average molecular weight is 295 g/mol. The minimum Gasteiger partial charge on any atom is -0.346 e. The van der Waals surface area contributed by atoms with Gasteiger partial charge in [0.2, 0.25) is 0 Å². The van der Waals surface area contributed by atoms with E-state index < -0.39 is 0 Å². The Morgan fingerprint density at radius 3 is 2.82 bits per heavy atom. The van der Waals surface area contributed by atoms with Gasteiger partial charge in [-0.05, 0) is 37.6 Å². The van der Waals surface area contributed by atoms with Crippen molar-refractivity contribution in [3.63, 3.8) is 0 Å². The summed E-state index contributed by atoms with van der Waals surface area (Å²) in [4.78, 5) is 10.4. The number of pyridine rings is 1. The molecule has 0 bridgehead atoms. The molecule has 4 rings (SSSR count). The predicted molar refractivity (Wildman–Crippen MR) is 87.4 cm³/mol. The number of piperidine rings is 1. The van der Waals surface area contributed by atoms with Gasteiger partial charge in [-0.3, -0.25) is 9.58 Å². The number of H-pyrrole nitrogens is 1. The standard InChI is InChI=1S/C17H21N5/c1-21-12-14(9-20-21)16-10-19-17-15(16)7-13(8-18-17)11-22-5-3-2-4-6-22/h7-10,12H,2-6,11H2,1H3,(H,18,19). The fraction of sp³-hybridized carbons (Fsp3) is 0.412. The van der Waals surface area contributed by atoms with E-state index in [0.717, 1.165) is 17.8 Å². The molecule has 0 aliphatic carbocycles. The average Bonchev–Trinajstić information content (AvgIpc) is 3.14. The normalized spacial score (nSPS) is 16.4. The molecule has 3 aromatic heterocycles. The van der Waals surface area contributed by atoms with Crippen molar-refractivity contribution < 1.29 is 0 Å². The molecule has 4 heterocycles. The van der Waals surface area contributed by atoms with Crippen LogP contribution in [0.2, 0.25) is 0 Å². The number of nitrogens with one attached hydrogen (secondary N) is 1. The summed E-state index contributed by atoms with van der Waals surface area (Å²) in [6, 6.07) is 2.27. The van der Waals surface area contributed by atoms with Crippen LogP contribution in [0.5, 0.6) is 0 Å². The van der Waals surface area contributed by atoms with E-state index in [9.17, 15) is 0 Å². The summed E-state index contributed by atoms with van der Waals surface area (Å²) in [5, 5.41) is 5.45. The molecular weight excluding hydrogens is 274 g/mol. The van der Waals surface area contributed by atoms with Gasteiger partial charge in [0, 0.05) is 48.7 Å². The maximum atomic E-state index is 4.59. The molecule has 0 spiro atoms. The van der Waals surface area contributed by atoms with Gasteiger partial charge in [0.15, 0.2) is 0 Å². The Kier molecular flexibility index (Phi) is 3.42. The summed E-state index contributed by atoms with van der Waals surface area (Å²) in [7, 11) is 1.94. The highest BCUT2D eigenvalue weighted by atomic mass is 15.2. The number of aromatic amines is 1. The third-order valence-corrected chi connectivity index (χ3v) is 4.46. The summed E-state index contributed by atoms with van der Waals surface area (Å²) in [5.41, 5.74) is 4.54. The van der Waals surface area contributed by atoms with Crippen LogP contribution in [-0.4, -0.2) is 37.7 Å². The van der Waals surface area contributed by atoms with Crippen LogP contribution >= 0.6 is 0 Å². The molecule has 114 valence electrons. The van der Waals surface area contributed by atoms with Crippen molar-refractivity contribution in [1.29, 1.82) is 0 Å². The molecule has 22 heavy (non-hydrogen) atoms. The SMILES string of the molecule is Cn1cc(-c2c[nH]c3ncc(CN4CCCCC4)cc23)cn1. The van der Waals surface area contributed by atoms with E-state index in [4.69, 9.17) is 0 Å². The van der Waals surface area contributed by atoms with Crippen LogP contribution in [0.3, 0.4) is 0 Å². The lowest BCUT2D eigenvalue weighted by Gasteiger charge is -2.26. The van der Waals surface area contributed by atoms with Crippen molar-refractivity contribution in [1.82, 2.24) is 24.6 Å². The molecule has 1 N–H and O–H groups in total. The number of aryl methyl sites for hydroxylation is 1. The van der Waals surface area contributed by atoms with Crippen LogP contribution in [-0.2, 0) is 13.6 Å². The van der Waals surface area contributed by atoms with Gasteiger partial charge in [-0.15, -0.1) is 0 Å². The largest absolute Gasteiger partial charge is 0.346 e. The summed E-state index contributed by atoms with van der Waals surface area (Å²) in [6.07, 6.45) is 12.0. The van der Waals surface area contributed by atoms with Gasteiger partial charge in [-0.2, -0.15) is 5.10 Å². The first-order chi connectivity index (χ1) is 10.8. The Morgan fingerprint density at radius 1 is 1.18 bits per heavy atom. The summed E-state index contributed by atoms with van der Waals surface area (Å²) >= 11 is 0. The quantitative estimate of drug-likeness (QED) is 0.808. The first kappa shape index (κ1) is 13.5. The predicted octanol–water partition coefficient (Wildman–Crippen LogP) is 2.95. The molecule has 0 amide bonds. The molecule has 1 aliphatic rings. The van der Waals surface area contributed by atoms with Crippen LogP contribution in [0, 0.1) is 0 Å². The van der Waals surface area contributed by atoms with Crippen LogP contribution < -0.4 is 0 Å². The molecule has 1 fully saturated rings. The highest BCUT2D eigenvalue weighted by Gasteiger charge is 2.13. The van der Waals surface area contributed by atoms with E-state index in [1.165, 1.54) is 48.9 Å². The first-order valence-corrected chi connectivity index (χ1v) is 7.97. The minimum atomic E-state index is 0.946. The molecule has 0 aromatic carbocycles. The second kappa shape index (κ2) is 5.57. The van der Waals surface area contributed by atoms with E-state index in [-0.39, 0.29) is 0 Å². The topological polar surface area (TPSA) is 49.7 Å². The monoisotopic (exact) mass is 295 g/mol. The second-order valence-electron chi connectivity index (χ2n) is 6.18. The van der Waals surface area contributed by atoms with Crippen LogP contribution in [0.1, 0.15) is 24.8 Å². The van der Waals surface area contributed by atoms with Gasteiger partial charge in [-0.1, -0.05) is 6.42 Å². The molecule has 1 saturated heterocycles. The van der Waals surface area contributed by atoms with Crippen molar-refractivity contribution >= 4 is 11.0 Å². The second-order valence-corrected chi connectivity index (χ2v) is 6.18. The highest BCUT2D eigenvalue weighted by Crippen LogP contribution is 2.28. The summed E-state index contributed by atoms with van der Waals surface area (Å²) in [5.74, 6) is 0. The van der Waals surface area contributed by atoms with E-state index >= 15 is 0 Å². The third kappa shape index (κ3) is 2.52. The Hall–Kier alpha value is -2.14. The summed E-state index contributed by atoms with van der Waals surface area (Å²) < 4.78 is 1.83. The fourth-order valence-electron chi connectivity index (χ4n) is 3.31. The van der Waals surface area contributed by atoms with Crippen molar-refractivity contribution in [3.05, 3.63) is 36.4 Å². The Balaban J connectivity index is 1.67. The van der Waals surface area contributed by atoms with Gasteiger partial charge >= 0.3 is 0 Å². The Morgan fingerprint density at radius 2 is 2.05 bits per heavy atom. The molecule has 0 saturated carbocycles. The lowest BCUT2D eigenvalue weighted by Crippen LogP contribution is -2.29. The fourth-order valence-corrected chi connectivity index (χ4v) is 3.31. The Bertz CT molecular complexity index is 779. The summed E-state index contributed by atoms with van der Waals surface area (Å²) in [6.45, 7) is 3.42. The minimum absolute atomic E-state index is 0.946.